The van der Waals surface area contributed by atoms with Gasteiger partial charge in [-0.15, -0.1) is 0 Å². The summed E-state index contributed by atoms with van der Waals surface area (Å²) in [6.07, 6.45) is 2.30. The van der Waals surface area contributed by atoms with Gasteiger partial charge in [0, 0.05) is 19.0 Å². The Morgan fingerprint density at radius 3 is 2.38 bits per heavy atom. The Morgan fingerprint density at radius 1 is 1.31 bits per heavy atom. The van der Waals surface area contributed by atoms with Gasteiger partial charge in [-0.05, 0) is 24.7 Å². The first-order valence-electron chi connectivity index (χ1n) is 6.02. The quantitative estimate of drug-likeness (QED) is 0.785. The summed E-state index contributed by atoms with van der Waals surface area (Å²) in [5.74, 6) is -0.297. The third-order valence-electron chi connectivity index (χ3n) is 3.96. The molecule has 0 radical (unpaired) electrons. The van der Waals surface area contributed by atoms with Crippen molar-refractivity contribution in [3.63, 3.8) is 0 Å². The second kappa shape index (κ2) is 4.07. The van der Waals surface area contributed by atoms with E-state index >= 15 is 0 Å². The third-order valence-corrected chi connectivity index (χ3v) is 3.96. The average Bonchev–Trinajstić information content (AvgIpc) is 2.99. The van der Waals surface area contributed by atoms with Crippen molar-refractivity contribution in [2.24, 2.45) is 23.7 Å². The normalized spacial score (nSPS) is 31.5. The second-order valence-electron chi connectivity index (χ2n) is 5.29. The van der Waals surface area contributed by atoms with Gasteiger partial charge in [0.15, 0.2) is 0 Å². The molecule has 1 saturated carbocycles. The molecule has 90 valence electrons. The topological polar surface area (TPSA) is 57.6 Å². The number of carboxylic acids is 1. The number of rotatable bonds is 3. The smallest absolute Gasteiger partial charge is 0.308 e. The fourth-order valence-corrected chi connectivity index (χ4v) is 2.55. The highest BCUT2D eigenvalue weighted by Crippen LogP contribution is 2.38. The number of likely N-dealkylation sites (tertiary alicyclic amines) is 1. The Bertz CT molecular complexity index is 311. The Balaban J connectivity index is 1.96. The van der Waals surface area contributed by atoms with Crippen molar-refractivity contribution >= 4 is 11.9 Å². The van der Waals surface area contributed by atoms with Crippen LogP contribution >= 0.6 is 0 Å². The van der Waals surface area contributed by atoms with Crippen LogP contribution in [0.1, 0.15) is 26.7 Å². The summed E-state index contributed by atoms with van der Waals surface area (Å²) >= 11 is 0. The highest BCUT2D eigenvalue weighted by molar-refractivity contribution is 5.81. The van der Waals surface area contributed by atoms with Crippen molar-refractivity contribution in [2.75, 3.05) is 13.1 Å². The van der Waals surface area contributed by atoms with Gasteiger partial charge in [0.1, 0.15) is 0 Å². The van der Waals surface area contributed by atoms with Gasteiger partial charge in [-0.3, -0.25) is 9.59 Å². The maximum Gasteiger partial charge on any atom is 0.308 e. The molecule has 2 fully saturated rings. The fraction of sp³-hybridized carbons (Fsp3) is 0.833. The van der Waals surface area contributed by atoms with Gasteiger partial charge < -0.3 is 10.0 Å². The highest BCUT2D eigenvalue weighted by Gasteiger charge is 2.41. The van der Waals surface area contributed by atoms with Crippen LogP contribution in [0.25, 0.3) is 0 Å². The molecule has 1 N–H and O–H groups in total. The van der Waals surface area contributed by atoms with Crippen molar-refractivity contribution in [1.82, 2.24) is 4.90 Å². The molecule has 1 saturated heterocycles. The summed E-state index contributed by atoms with van der Waals surface area (Å²) in [6.45, 7) is 4.88. The number of amides is 1. The van der Waals surface area contributed by atoms with Crippen LogP contribution in [-0.4, -0.2) is 35.0 Å². The molecule has 0 aromatic rings. The van der Waals surface area contributed by atoms with Crippen LogP contribution in [-0.2, 0) is 9.59 Å². The minimum absolute atomic E-state index is 0.0767. The largest absolute Gasteiger partial charge is 0.481 e. The van der Waals surface area contributed by atoms with Crippen LogP contribution in [0.15, 0.2) is 0 Å². The maximum absolute atomic E-state index is 12.1. The summed E-state index contributed by atoms with van der Waals surface area (Å²) in [4.78, 5) is 24.8. The first-order valence-corrected chi connectivity index (χ1v) is 6.02. The molecule has 0 aromatic carbocycles. The van der Waals surface area contributed by atoms with E-state index in [1.54, 1.807) is 4.90 Å². The monoisotopic (exact) mass is 225 g/mol. The summed E-state index contributed by atoms with van der Waals surface area (Å²) in [6, 6.07) is 0. The number of nitrogens with zero attached hydrogens (tertiary/aromatic N) is 1. The van der Waals surface area contributed by atoms with E-state index in [0.29, 0.717) is 19.0 Å². The van der Waals surface area contributed by atoms with Crippen LogP contribution in [0.5, 0.6) is 0 Å². The van der Waals surface area contributed by atoms with E-state index in [9.17, 15) is 9.59 Å². The van der Waals surface area contributed by atoms with E-state index in [1.807, 2.05) is 13.8 Å². The lowest BCUT2D eigenvalue weighted by atomic mass is 9.99. The van der Waals surface area contributed by atoms with Gasteiger partial charge in [0.25, 0.3) is 0 Å². The van der Waals surface area contributed by atoms with E-state index < -0.39 is 5.97 Å². The van der Waals surface area contributed by atoms with E-state index in [4.69, 9.17) is 5.11 Å². The molecule has 0 spiro atoms. The summed E-state index contributed by atoms with van der Waals surface area (Å²) < 4.78 is 0. The minimum atomic E-state index is -0.776. The van der Waals surface area contributed by atoms with Gasteiger partial charge in [0.2, 0.25) is 5.91 Å². The SMILES string of the molecule is CC1CN(C(=O)C(C)C2CC2)CC1C(=O)O. The Morgan fingerprint density at radius 2 is 1.94 bits per heavy atom. The van der Waals surface area contributed by atoms with E-state index in [1.165, 1.54) is 0 Å². The second-order valence-corrected chi connectivity index (χ2v) is 5.29. The summed E-state index contributed by atoms with van der Waals surface area (Å²) in [7, 11) is 0. The fourth-order valence-electron chi connectivity index (χ4n) is 2.55. The average molecular weight is 225 g/mol. The lowest BCUT2D eigenvalue weighted by molar-refractivity contribution is -0.142. The zero-order valence-electron chi connectivity index (χ0n) is 9.85. The van der Waals surface area contributed by atoms with Crippen molar-refractivity contribution in [3.05, 3.63) is 0 Å². The Hall–Kier alpha value is -1.06. The third kappa shape index (κ3) is 2.06. The van der Waals surface area contributed by atoms with Crippen LogP contribution < -0.4 is 0 Å². The predicted octanol–water partition coefficient (Wildman–Crippen LogP) is 1.21. The number of hydrogen-bond acceptors (Lipinski definition) is 2. The molecule has 0 aromatic heterocycles. The van der Waals surface area contributed by atoms with Gasteiger partial charge >= 0.3 is 5.97 Å². The van der Waals surface area contributed by atoms with Crippen molar-refractivity contribution in [2.45, 2.75) is 26.7 Å². The molecule has 1 aliphatic carbocycles. The molecule has 3 atom stereocenters. The molecular weight excluding hydrogens is 206 g/mol. The maximum atomic E-state index is 12.1. The lowest BCUT2D eigenvalue weighted by Crippen LogP contribution is -2.34. The molecule has 4 nitrogen and oxygen atoms in total. The van der Waals surface area contributed by atoms with Crippen molar-refractivity contribution in [1.29, 1.82) is 0 Å². The number of aliphatic carboxylic acids is 1. The number of carboxylic acid groups (broad SMARTS) is 1. The van der Waals surface area contributed by atoms with Crippen LogP contribution in [0.4, 0.5) is 0 Å². The van der Waals surface area contributed by atoms with Crippen LogP contribution in [0.3, 0.4) is 0 Å². The number of carbonyl (C=O) groups is 2. The Labute approximate surface area is 95.6 Å². The van der Waals surface area contributed by atoms with Crippen molar-refractivity contribution in [3.8, 4) is 0 Å². The molecule has 1 amide bonds. The first kappa shape index (κ1) is 11.4. The standard InChI is InChI=1S/C12H19NO3/c1-7-5-13(6-10(7)12(15)16)11(14)8(2)9-3-4-9/h7-10H,3-6H2,1-2H3,(H,15,16). The molecule has 16 heavy (non-hydrogen) atoms. The highest BCUT2D eigenvalue weighted by atomic mass is 16.4. The van der Waals surface area contributed by atoms with Gasteiger partial charge in [-0.2, -0.15) is 0 Å². The molecule has 1 heterocycles. The zero-order valence-corrected chi connectivity index (χ0v) is 9.85. The lowest BCUT2D eigenvalue weighted by Gasteiger charge is -2.20. The first-order chi connectivity index (χ1) is 7.50. The van der Waals surface area contributed by atoms with E-state index in [-0.39, 0.29) is 23.7 Å². The molecule has 2 rings (SSSR count). The molecular formula is C12H19NO3. The molecule has 0 bridgehead atoms. The van der Waals surface area contributed by atoms with E-state index in [2.05, 4.69) is 0 Å². The zero-order chi connectivity index (χ0) is 11.9. The predicted molar refractivity (Wildman–Crippen MR) is 58.8 cm³/mol. The molecule has 2 aliphatic rings. The van der Waals surface area contributed by atoms with Gasteiger partial charge in [-0.25, -0.2) is 0 Å². The summed E-state index contributed by atoms with van der Waals surface area (Å²) in [5.41, 5.74) is 0. The van der Waals surface area contributed by atoms with Gasteiger partial charge in [0.05, 0.1) is 5.92 Å². The molecule has 1 aliphatic heterocycles. The minimum Gasteiger partial charge on any atom is -0.481 e. The molecule has 4 heteroatoms. The number of hydrogen-bond donors (Lipinski definition) is 1. The van der Waals surface area contributed by atoms with Crippen molar-refractivity contribution < 1.29 is 14.7 Å². The van der Waals surface area contributed by atoms with E-state index in [0.717, 1.165) is 12.8 Å². The van der Waals surface area contributed by atoms with Crippen LogP contribution in [0.2, 0.25) is 0 Å². The molecule has 3 unspecified atom stereocenters. The summed E-state index contributed by atoms with van der Waals surface area (Å²) in [5, 5.41) is 9.01. The van der Waals surface area contributed by atoms with Gasteiger partial charge in [-0.1, -0.05) is 13.8 Å². The Kier molecular flexibility index (Phi) is 2.91. The van der Waals surface area contributed by atoms with Crippen LogP contribution in [0, 0.1) is 23.7 Å². The number of carbonyl (C=O) groups excluding carboxylic acids is 1.